The van der Waals surface area contributed by atoms with Gasteiger partial charge in [0.1, 0.15) is 5.92 Å². The Labute approximate surface area is 114 Å². The maximum atomic E-state index is 13.6. The maximum Gasteiger partial charge on any atom is 0.253 e. The largest absolute Gasteiger partial charge is 0.345 e. The summed E-state index contributed by atoms with van der Waals surface area (Å²) in [4.78, 5) is 25.5. The quantitative estimate of drug-likeness (QED) is 0.382. The monoisotopic (exact) mass is 283 g/mol. The number of hydrogen-bond acceptors (Lipinski definition) is 3. The summed E-state index contributed by atoms with van der Waals surface area (Å²) in [7, 11) is 1.59. The number of carbonyl (C=O) groups is 2. The molecular formula is C13H15F2N3O2. The highest BCUT2D eigenvalue weighted by Crippen LogP contribution is 2.24. The van der Waals surface area contributed by atoms with E-state index in [4.69, 9.17) is 5.84 Å². The molecule has 2 amide bonds. The second-order valence-corrected chi connectivity index (χ2v) is 4.74. The van der Waals surface area contributed by atoms with Crippen LogP contribution in [0.4, 0.5) is 14.5 Å². The van der Waals surface area contributed by atoms with E-state index in [9.17, 15) is 18.4 Å². The Hall–Kier alpha value is -2.02. The van der Waals surface area contributed by atoms with Gasteiger partial charge in [0, 0.05) is 13.6 Å². The minimum absolute atomic E-state index is 0.353. The molecule has 1 fully saturated rings. The van der Waals surface area contributed by atoms with E-state index < -0.39 is 23.5 Å². The van der Waals surface area contributed by atoms with E-state index in [2.05, 4.69) is 0 Å². The normalized spacial score (nSPS) is 19.1. The average molecular weight is 283 g/mol. The summed E-state index contributed by atoms with van der Waals surface area (Å²) in [6.07, 6.45) is 1.02. The van der Waals surface area contributed by atoms with Gasteiger partial charge in [-0.25, -0.2) is 19.6 Å². The number of rotatable bonds is 2. The van der Waals surface area contributed by atoms with Crippen molar-refractivity contribution >= 4 is 17.5 Å². The number of likely N-dealkylation sites (tertiary alicyclic amines) is 1. The molecule has 1 heterocycles. The molecule has 0 unspecified atom stereocenters. The summed E-state index contributed by atoms with van der Waals surface area (Å²) >= 11 is 0. The van der Waals surface area contributed by atoms with Crippen molar-refractivity contribution in [3.8, 4) is 0 Å². The van der Waals surface area contributed by atoms with Crippen LogP contribution < -0.4 is 10.9 Å². The molecule has 1 aromatic carbocycles. The van der Waals surface area contributed by atoms with Crippen molar-refractivity contribution < 1.29 is 18.4 Å². The molecule has 7 heteroatoms. The van der Waals surface area contributed by atoms with E-state index in [1.54, 1.807) is 7.05 Å². The van der Waals surface area contributed by atoms with Crippen molar-refractivity contribution in [2.75, 3.05) is 18.6 Å². The fraction of sp³-hybridized carbons (Fsp3) is 0.385. The Bertz CT molecular complexity index is 550. The fourth-order valence-electron chi connectivity index (χ4n) is 2.23. The number of carbonyl (C=O) groups excluding carboxylic acids is 2. The lowest BCUT2D eigenvalue weighted by molar-refractivity contribution is -0.142. The highest BCUT2D eigenvalue weighted by atomic mass is 19.2. The van der Waals surface area contributed by atoms with Crippen molar-refractivity contribution in [1.82, 2.24) is 4.90 Å². The van der Waals surface area contributed by atoms with Crippen molar-refractivity contribution in [3.05, 3.63) is 29.8 Å². The van der Waals surface area contributed by atoms with Gasteiger partial charge in [0.05, 0.1) is 5.69 Å². The topological polar surface area (TPSA) is 66.6 Å². The molecule has 1 atom stereocenters. The van der Waals surface area contributed by atoms with Gasteiger partial charge in [-0.15, -0.1) is 0 Å². The number of anilines is 1. The zero-order valence-electron chi connectivity index (χ0n) is 11.0. The van der Waals surface area contributed by atoms with Crippen LogP contribution in [-0.2, 0) is 9.59 Å². The third-order valence-electron chi connectivity index (χ3n) is 3.39. The summed E-state index contributed by atoms with van der Waals surface area (Å²) in [6.45, 7) is 0.571. The van der Waals surface area contributed by atoms with E-state index in [1.807, 2.05) is 0 Å². The van der Waals surface area contributed by atoms with Crippen molar-refractivity contribution in [2.45, 2.75) is 12.8 Å². The summed E-state index contributed by atoms with van der Waals surface area (Å²) in [5.74, 6) is 1.22. The van der Waals surface area contributed by atoms with E-state index in [0.717, 1.165) is 6.07 Å². The molecule has 0 spiro atoms. The molecule has 2 N–H and O–H groups in total. The number of benzene rings is 1. The van der Waals surface area contributed by atoms with Crippen molar-refractivity contribution in [2.24, 2.45) is 11.8 Å². The van der Waals surface area contributed by atoms with Crippen molar-refractivity contribution in [3.63, 3.8) is 0 Å². The zero-order chi connectivity index (χ0) is 14.9. The summed E-state index contributed by atoms with van der Waals surface area (Å²) in [5, 5.41) is 0.514. The van der Waals surface area contributed by atoms with Gasteiger partial charge in [-0.1, -0.05) is 6.07 Å². The number of nitrogens with two attached hydrogens (primary N) is 1. The zero-order valence-corrected chi connectivity index (χ0v) is 11.0. The van der Waals surface area contributed by atoms with Crippen LogP contribution in [0.5, 0.6) is 0 Å². The van der Waals surface area contributed by atoms with Gasteiger partial charge in [-0.2, -0.15) is 0 Å². The SMILES string of the molecule is CN1CCC[C@@H](C(=O)N(N)c2cccc(F)c2F)C1=O. The first-order chi connectivity index (χ1) is 9.43. The van der Waals surface area contributed by atoms with E-state index in [0.29, 0.717) is 24.4 Å². The number of halogens is 2. The van der Waals surface area contributed by atoms with Crippen LogP contribution in [0.3, 0.4) is 0 Å². The van der Waals surface area contributed by atoms with Crippen LogP contribution in [-0.4, -0.2) is 30.3 Å². The Balaban J connectivity index is 2.24. The van der Waals surface area contributed by atoms with Crippen LogP contribution in [0.15, 0.2) is 18.2 Å². The number of piperidine rings is 1. The van der Waals surface area contributed by atoms with Gasteiger partial charge in [0.2, 0.25) is 5.91 Å². The maximum absolute atomic E-state index is 13.6. The molecule has 0 aliphatic carbocycles. The standard InChI is InChI=1S/C13H15F2N3O2/c1-17-7-3-4-8(12(17)19)13(20)18(16)10-6-2-5-9(14)11(10)15/h2,5-6,8H,3-4,7,16H2,1H3/t8-/m1/s1. The van der Waals surface area contributed by atoms with Crippen LogP contribution in [0.1, 0.15) is 12.8 Å². The Morgan fingerprint density at radius 2 is 2.15 bits per heavy atom. The van der Waals surface area contributed by atoms with Gasteiger partial charge in [-0.3, -0.25) is 9.59 Å². The average Bonchev–Trinajstić information content (AvgIpc) is 2.43. The molecule has 20 heavy (non-hydrogen) atoms. The molecule has 1 aliphatic heterocycles. The van der Waals surface area contributed by atoms with Crippen LogP contribution in [0.2, 0.25) is 0 Å². The van der Waals surface area contributed by atoms with Gasteiger partial charge < -0.3 is 4.90 Å². The second kappa shape index (κ2) is 5.54. The first kappa shape index (κ1) is 14.4. The first-order valence-electron chi connectivity index (χ1n) is 6.21. The minimum atomic E-state index is -1.21. The van der Waals surface area contributed by atoms with E-state index in [1.165, 1.54) is 17.0 Å². The lowest BCUT2D eigenvalue weighted by atomic mass is 9.96. The second-order valence-electron chi connectivity index (χ2n) is 4.74. The smallest absolute Gasteiger partial charge is 0.253 e. The lowest BCUT2D eigenvalue weighted by Crippen LogP contribution is -2.50. The summed E-state index contributed by atoms with van der Waals surface area (Å²) in [6, 6.07) is 3.36. The Morgan fingerprint density at radius 3 is 2.85 bits per heavy atom. The molecule has 2 rings (SSSR count). The van der Waals surface area contributed by atoms with Gasteiger partial charge in [-0.05, 0) is 25.0 Å². The van der Waals surface area contributed by atoms with Gasteiger partial charge in [0.15, 0.2) is 11.6 Å². The van der Waals surface area contributed by atoms with Crippen LogP contribution in [0, 0.1) is 17.6 Å². The molecule has 1 aliphatic rings. The van der Waals surface area contributed by atoms with Crippen LogP contribution >= 0.6 is 0 Å². The molecular weight excluding hydrogens is 268 g/mol. The predicted molar refractivity (Wildman–Crippen MR) is 68.4 cm³/mol. The molecule has 108 valence electrons. The number of amides is 2. The molecule has 0 radical (unpaired) electrons. The molecule has 1 aromatic rings. The first-order valence-corrected chi connectivity index (χ1v) is 6.21. The third kappa shape index (κ3) is 2.49. The Kier molecular flexibility index (Phi) is 3.99. The molecule has 0 bridgehead atoms. The van der Waals surface area contributed by atoms with Crippen molar-refractivity contribution in [1.29, 1.82) is 0 Å². The lowest BCUT2D eigenvalue weighted by Gasteiger charge is -2.30. The van der Waals surface area contributed by atoms with Gasteiger partial charge in [0.25, 0.3) is 5.91 Å². The number of nitrogens with zero attached hydrogens (tertiary/aromatic N) is 2. The highest BCUT2D eigenvalue weighted by Gasteiger charge is 2.35. The van der Waals surface area contributed by atoms with Gasteiger partial charge >= 0.3 is 0 Å². The Morgan fingerprint density at radius 1 is 1.45 bits per heavy atom. The van der Waals surface area contributed by atoms with Crippen LogP contribution in [0.25, 0.3) is 0 Å². The summed E-state index contributed by atoms with van der Waals surface area (Å²) < 4.78 is 26.7. The molecule has 5 nitrogen and oxygen atoms in total. The molecule has 1 saturated heterocycles. The summed E-state index contributed by atoms with van der Waals surface area (Å²) in [5.41, 5.74) is -0.379. The fourth-order valence-corrected chi connectivity index (χ4v) is 2.23. The van der Waals surface area contributed by atoms with E-state index in [-0.39, 0.29) is 11.6 Å². The number of hydrazine groups is 1. The third-order valence-corrected chi connectivity index (χ3v) is 3.39. The molecule has 0 saturated carbocycles. The number of hydrogen-bond donors (Lipinski definition) is 1. The van der Waals surface area contributed by atoms with E-state index >= 15 is 0 Å². The predicted octanol–water partition coefficient (Wildman–Crippen LogP) is 1.04. The minimum Gasteiger partial charge on any atom is -0.345 e. The molecule has 0 aromatic heterocycles. The highest BCUT2D eigenvalue weighted by molar-refractivity contribution is 6.07.